The third-order valence-electron chi connectivity index (χ3n) is 4.53. The van der Waals surface area contributed by atoms with Crippen LogP contribution >= 0.6 is 11.5 Å². The van der Waals surface area contributed by atoms with E-state index in [-0.39, 0.29) is 18.3 Å². The minimum absolute atomic E-state index is 0.0817. The van der Waals surface area contributed by atoms with Crippen molar-refractivity contribution in [1.29, 1.82) is 0 Å². The normalized spacial score (nSPS) is 16.3. The molecule has 0 bridgehead atoms. The summed E-state index contributed by atoms with van der Waals surface area (Å²) in [5.41, 5.74) is 2.58. The van der Waals surface area contributed by atoms with Gasteiger partial charge in [0.15, 0.2) is 0 Å². The summed E-state index contributed by atoms with van der Waals surface area (Å²) in [7, 11) is 1.68. The topological polar surface area (TPSA) is 116 Å². The Hall–Kier alpha value is -3.27. The summed E-state index contributed by atoms with van der Waals surface area (Å²) in [6.45, 7) is 2.12. The number of benzene rings is 1. The molecule has 1 unspecified atom stereocenters. The van der Waals surface area contributed by atoms with Crippen LogP contribution in [0, 0.1) is 6.92 Å². The molecule has 0 fully saturated rings. The number of anilines is 2. The van der Waals surface area contributed by atoms with Gasteiger partial charge in [0.2, 0.25) is 5.82 Å². The molecule has 1 aliphatic rings. The van der Waals surface area contributed by atoms with Gasteiger partial charge in [-0.15, -0.1) is 10.2 Å². The average molecular weight is 397 g/mol. The van der Waals surface area contributed by atoms with Gasteiger partial charge < -0.3 is 20.5 Å². The fourth-order valence-corrected chi connectivity index (χ4v) is 3.94. The minimum Gasteiger partial charge on any atom is -0.371 e. The van der Waals surface area contributed by atoms with E-state index in [1.54, 1.807) is 7.05 Å². The monoisotopic (exact) mass is 397 g/mol. The summed E-state index contributed by atoms with van der Waals surface area (Å²) in [4.78, 5) is 29.8. The molecule has 28 heavy (non-hydrogen) atoms. The molecule has 1 aromatic carbocycles. The number of hydrogen-bond acceptors (Lipinski definition) is 7. The molecule has 9 nitrogen and oxygen atoms in total. The van der Waals surface area contributed by atoms with Crippen molar-refractivity contribution in [2.24, 2.45) is 0 Å². The quantitative estimate of drug-likeness (QED) is 0.612. The summed E-state index contributed by atoms with van der Waals surface area (Å²) in [5.74, 6) is -0.0201. The van der Waals surface area contributed by atoms with E-state index in [1.807, 2.05) is 37.3 Å². The molecule has 0 saturated carbocycles. The highest BCUT2D eigenvalue weighted by Gasteiger charge is 2.32. The van der Waals surface area contributed by atoms with Crippen LogP contribution in [0.25, 0.3) is 0 Å². The number of carbonyl (C=O) groups excluding carboxylic acids is 2. The molecule has 3 heterocycles. The predicted octanol–water partition coefficient (Wildman–Crippen LogP) is 1.35. The van der Waals surface area contributed by atoms with Crippen LogP contribution in [0.1, 0.15) is 27.7 Å². The molecule has 0 saturated heterocycles. The zero-order chi connectivity index (χ0) is 19.7. The van der Waals surface area contributed by atoms with Gasteiger partial charge in [-0.25, -0.2) is 0 Å². The van der Waals surface area contributed by atoms with Crippen LogP contribution in [0.5, 0.6) is 0 Å². The summed E-state index contributed by atoms with van der Waals surface area (Å²) >= 11 is 1.30. The summed E-state index contributed by atoms with van der Waals surface area (Å²) in [6.07, 6.45) is 0.542. The van der Waals surface area contributed by atoms with Crippen molar-refractivity contribution in [1.82, 2.24) is 24.9 Å². The molecule has 3 aromatic rings. The second-order valence-corrected chi connectivity index (χ2v) is 7.31. The molecule has 2 amide bonds. The molecule has 0 radical (unpaired) electrons. The number of rotatable bonds is 4. The van der Waals surface area contributed by atoms with E-state index >= 15 is 0 Å². The molecule has 0 spiro atoms. The third-order valence-corrected chi connectivity index (χ3v) is 5.42. The van der Waals surface area contributed by atoms with Gasteiger partial charge in [-0.1, -0.05) is 30.3 Å². The number of hydrogen-bond donors (Lipinski definition) is 3. The first-order chi connectivity index (χ1) is 13.5. The number of aryl methyl sites for hydroxylation is 1. The first-order valence-electron chi connectivity index (χ1n) is 8.77. The number of carbonyl (C=O) groups is 2. The molecule has 4 rings (SSSR count). The summed E-state index contributed by atoms with van der Waals surface area (Å²) < 4.78 is 4.27. The van der Waals surface area contributed by atoms with E-state index in [2.05, 4.69) is 30.2 Å². The summed E-state index contributed by atoms with van der Waals surface area (Å²) in [5, 5.41) is 14.7. The lowest BCUT2D eigenvalue weighted by Gasteiger charge is -2.20. The zero-order valence-electron chi connectivity index (χ0n) is 15.4. The number of nitrogens with zero attached hydrogens (tertiary/aromatic N) is 4. The van der Waals surface area contributed by atoms with E-state index in [0.717, 1.165) is 21.9 Å². The first kappa shape index (κ1) is 18.1. The Kier molecular flexibility index (Phi) is 4.78. The zero-order valence-corrected chi connectivity index (χ0v) is 16.2. The lowest BCUT2D eigenvalue weighted by molar-refractivity contribution is -0.119. The Balaban J connectivity index is 1.45. The van der Waals surface area contributed by atoms with Crippen LogP contribution in [0.3, 0.4) is 0 Å². The number of aromatic nitrogens is 4. The van der Waals surface area contributed by atoms with Crippen LogP contribution < -0.4 is 15.5 Å². The van der Waals surface area contributed by atoms with Crippen molar-refractivity contribution < 1.29 is 9.59 Å². The van der Waals surface area contributed by atoms with Gasteiger partial charge in [0.25, 0.3) is 11.8 Å². The number of nitrogens with one attached hydrogen (secondary N) is 3. The largest absolute Gasteiger partial charge is 0.371 e. The number of fused-ring (bicyclic) bond motifs is 1. The molecule has 3 N–H and O–H groups in total. The van der Waals surface area contributed by atoms with E-state index in [4.69, 9.17) is 0 Å². The predicted molar refractivity (Wildman–Crippen MR) is 106 cm³/mol. The van der Waals surface area contributed by atoms with Crippen LogP contribution in [-0.4, -0.2) is 51.0 Å². The van der Waals surface area contributed by atoms with Gasteiger partial charge in [0.1, 0.15) is 22.6 Å². The van der Waals surface area contributed by atoms with Crippen molar-refractivity contribution in [3.63, 3.8) is 0 Å². The number of H-pyrrole nitrogens is 1. The van der Waals surface area contributed by atoms with Gasteiger partial charge in [0.05, 0.1) is 5.69 Å². The molecule has 144 valence electrons. The second-order valence-electron chi connectivity index (χ2n) is 6.53. The highest BCUT2D eigenvalue weighted by Crippen LogP contribution is 2.34. The minimum atomic E-state index is -0.723. The van der Waals surface area contributed by atoms with Crippen molar-refractivity contribution in [3.05, 3.63) is 53.2 Å². The van der Waals surface area contributed by atoms with Crippen LogP contribution in [-0.2, 0) is 11.2 Å². The highest BCUT2D eigenvalue weighted by atomic mass is 32.1. The van der Waals surface area contributed by atoms with Crippen LogP contribution in [0.4, 0.5) is 10.7 Å². The lowest BCUT2D eigenvalue weighted by atomic mass is 10.1. The standard InChI is InChI=1S/C18H19N7O2S/c1-10-14-17(28-24-10)19-9-12(18(27)25(14)2)20-16(26)15-21-13(22-23-15)8-11-6-4-3-5-7-11/h3-7,12,19H,8-9H2,1-2H3,(H,20,26)(H,21,22,23). The molecular weight excluding hydrogens is 378 g/mol. The van der Waals surface area contributed by atoms with Gasteiger partial charge in [-0.05, 0) is 24.0 Å². The Morgan fingerprint density at radius 1 is 1.32 bits per heavy atom. The van der Waals surface area contributed by atoms with Crippen LogP contribution in [0.2, 0.25) is 0 Å². The Bertz CT molecular complexity index is 1010. The molecule has 1 aliphatic heterocycles. The van der Waals surface area contributed by atoms with Gasteiger partial charge in [0, 0.05) is 20.0 Å². The smallest absolute Gasteiger partial charge is 0.289 e. The van der Waals surface area contributed by atoms with E-state index < -0.39 is 11.9 Å². The lowest BCUT2D eigenvalue weighted by Crippen LogP contribution is -2.49. The summed E-state index contributed by atoms with van der Waals surface area (Å²) in [6, 6.07) is 9.05. The highest BCUT2D eigenvalue weighted by molar-refractivity contribution is 7.11. The maximum Gasteiger partial charge on any atom is 0.289 e. The number of amides is 2. The van der Waals surface area contributed by atoms with Gasteiger partial charge in [-0.3, -0.25) is 9.59 Å². The van der Waals surface area contributed by atoms with Crippen molar-refractivity contribution >= 4 is 34.0 Å². The Morgan fingerprint density at radius 3 is 2.89 bits per heavy atom. The third kappa shape index (κ3) is 3.46. The maximum atomic E-state index is 12.8. The van der Waals surface area contributed by atoms with E-state index in [0.29, 0.717) is 12.2 Å². The molecule has 1 atom stereocenters. The number of aromatic amines is 1. The van der Waals surface area contributed by atoms with Gasteiger partial charge in [-0.2, -0.15) is 4.37 Å². The van der Waals surface area contributed by atoms with Crippen molar-refractivity contribution in [3.8, 4) is 0 Å². The molecular formula is C18H19N7O2S. The Morgan fingerprint density at radius 2 is 2.11 bits per heavy atom. The second kappa shape index (κ2) is 7.39. The fourth-order valence-electron chi connectivity index (χ4n) is 3.11. The fraction of sp³-hybridized carbons (Fsp3) is 0.278. The number of likely N-dealkylation sites (N-methyl/N-ethyl adjacent to an activating group) is 1. The maximum absolute atomic E-state index is 12.8. The average Bonchev–Trinajstić information content (AvgIpc) is 3.28. The SMILES string of the molecule is Cc1nsc2c1N(C)C(=O)C(NC(=O)c1nnc(Cc3ccccc3)[nH]1)CN2. The van der Waals surface area contributed by atoms with Crippen molar-refractivity contribution in [2.75, 3.05) is 23.8 Å². The molecule has 2 aromatic heterocycles. The Labute approximate surface area is 165 Å². The molecule has 10 heteroatoms. The van der Waals surface area contributed by atoms with E-state index in [9.17, 15) is 9.59 Å². The van der Waals surface area contributed by atoms with Crippen LogP contribution in [0.15, 0.2) is 30.3 Å². The van der Waals surface area contributed by atoms with E-state index in [1.165, 1.54) is 16.4 Å². The first-order valence-corrected chi connectivity index (χ1v) is 9.54. The van der Waals surface area contributed by atoms with Crippen molar-refractivity contribution in [2.45, 2.75) is 19.4 Å². The van der Waals surface area contributed by atoms with Gasteiger partial charge >= 0.3 is 0 Å². The molecule has 0 aliphatic carbocycles.